The molecule has 0 spiro atoms. The second-order valence-electron chi connectivity index (χ2n) is 10.5. The molecule has 194 valence electrons. The van der Waals surface area contributed by atoms with Crippen LogP contribution < -0.4 is 10.1 Å². The molecule has 0 radical (unpaired) electrons. The maximum atomic E-state index is 13.4. The third-order valence-electron chi connectivity index (χ3n) is 7.02. The minimum absolute atomic E-state index is 0.0196. The number of carbonyl (C=O) groups is 2. The number of para-hydroxylation sites is 1. The van der Waals surface area contributed by atoms with Crippen molar-refractivity contribution >= 4 is 34.2 Å². The molecule has 0 bridgehead atoms. The van der Waals surface area contributed by atoms with Crippen LogP contribution in [0.3, 0.4) is 0 Å². The summed E-state index contributed by atoms with van der Waals surface area (Å²) in [5, 5.41) is 14.6. The summed E-state index contributed by atoms with van der Waals surface area (Å²) in [6.45, 7) is 7.73. The van der Waals surface area contributed by atoms with Crippen molar-refractivity contribution in [1.29, 1.82) is 0 Å². The molecule has 0 saturated heterocycles. The van der Waals surface area contributed by atoms with E-state index in [0.717, 1.165) is 36.0 Å². The Labute approximate surface area is 215 Å². The SMILES string of the molecule is COc1cc(NC(=O)COC(=O)c2c3c(nc4ccccc24)CCC(C(C)(C)C)C3)c(C)cc1[N+](=O)[O-]. The molecule has 1 amide bonds. The highest BCUT2D eigenvalue weighted by atomic mass is 16.6. The first-order chi connectivity index (χ1) is 17.5. The lowest BCUT2D eigenvalue weighted by Crippen LogP contribution is -2.29. The number of nitrogens with zero attached hydrogens (tertiary/aromatic N) is 2. The number of hydrogen-bond acceptors (Lipinski definition) is 7. The van der Waals surface area contributed by atoms with Gasteiger partial charge in [-0.3, -0.25) is 19.9 Å². The number of fused-ring (bicyclic) bond motifs is 2. The van der Waals surface area contributed by atoms with Crippen LogP contribution in [0.1, 0.15) is 54.4 Å². The Hall–Kier alpha value is -4.01. The van der Waals surface area contributed by atoms with E-state index >= 15 is 0 Å². The van der Waals surface area contributed by atoms with Gasteiger partial charge in [0.05, 0.1) is 23.1 Å². The summed E-state index contributed by atoms with van der Waals surface area (Å²) in [4.78, 5) is 41.6. The van der Waals surface area contributed by atoms with Gasteiger partial charge in [-0.05, 0) is 54.7 Å². The molecular weight excluding hydrogens is 474 g/mol. The van der Waals surface area contributed by atoms with Crippen LogP contribution in [-0.4, -0.2) is 35.5 Å². The van der Waals surface area contributed by atoms with E-state index in [2.05, 4.69) is 26.1 Å². The molecule has 9 heteroatoms. The smallest absolute Gasteiger partial charge is 0.339 e. The van der Waals surface area contributed by atoms with E-state index in [9.17, 15) is 19.7 Å². The minimum atomic E-state index is -0.572. The maximum Gasteiger partial charge on any atom is 0.339 e. The van der Waals surface area contributed by atoms with E-state index < -0.39 is 23.4 Å². The number of methoxy groups -OCH3 is 1. The van der Waals surface area contributed by atoms with Gasteiger partial charge in [0.25, 0.3) is 5.91 Å². The number of hydrogen-bond donors (Lipinski definition) is 1. The van der Waals surface area contributed by atoms with Gasteiger partial charge in [-0.2, -0.15) is 0 Å². The molecule has 1 unspecified atom stereocenters. The summed E-state index contributed by atoms with van der Waals surface area (Å²) in [5.41, 5.74) is 3.69. The fourth-order valence-electron chi connectivity index (χ4n) is 4.86. The number of nitro benzene ring substituents is 1. The third-order valence-corrected chi connectivity index (χ3v) is 7.02. The minimum Gasteiger partial charge on any atom is -0.490 e. The molecule has 1 aliphatic carbocycles. The molecule has 1 N–H and O–H groups in total. The van der Waals surface area contributed by atoms with Gasteiger partial charge in [-0.15, -0.1) is 0 Å². The Balaban J connectivity index is 1.57. The molecule has 4 rings (SSSR count). The predicted octanol–water partition coefficient (Wildman–Crippen LogP) is 5.41. The number of aromatic nitrogens is 1. The summed E-state index contributed by atoms with van der Waals surface area (Å²) in [5.74, 6) is -0.728. The number of carbonyl (C=O) groups excluding carboxylic acids is 2. The number of esters is 1. The van der Waals surface area contributed by atoms with Gasteiger partial charge in [0.2, 0.25) is 0 Å². The zero-order valence-electron chi connectivity index (χ0n) is 21.7. The van der Waals surface area contributed by atoms with Gasteiger partial charge in [0.1, 0.15) is 0 Å². The molecule has 0 aliphatic heterocycles. The molecule has 0 saturated carbocycles. The second kappa shape index (κ2) is 10.2. The zero-order valence-corrected chi connectivity index (χ0v) is 21.7. The zero-order chi connectivity index (χ0) is 26.9. The Morgan fingerprint density at radius 1 is 1.22 bits per heavy atom. The summed E-state index contributed by atoms with van der Waals surface area (Å²) in [7, 11) is 1.31. The molecule has 1 atom stereocenters. The van der Waals surface area contributed by atoms with Crippen molar-refractivity contribution in [3.63, 3.8) is 0 Å². The standard InChI is InChI=1S/C28H31N3O6/c1-16-12-23(31(34)35)24(36-5)14-22(16)30-25(32)15-37-27(33)26-18-8-6-7-9-20(18)29-21-11-10-17(13-19(21)26)28(2,3)4/h6-9,12,14,17H,10-11,13,15H2,1-5H3,(H,30,32). The first-order valence-electron chi connectivity index (χ1n) is 12.2. The monoisotopic (exact) mass is 505 g/mol. The maximum absolute atomic E-state index is 13.4. The van der Waals surface area contributed by atoms with Crippen molar-refractivity contribution in [2.75, 3.05) is 19.0 Å². The molecule has 37 heavy (non-hydrogen) atoms. The third kappa shape index (κ3) is 5.40. The van der Waals surface area contributed by atoms with Gasteiger partial charge in [-0.25, -0.2) is 4.79 Å². The number of benzene rings is 2. The molecule has 9 nitrogen and oxygen atoms in total. The van der Waals surface area contributed by atoms with Gasteiger partial charge < -0.3 is 14.8 Å². The molecule has 1 aromatic heterocycles. The Morgan fingerprint density at radius 3 is 2.62 bits per heavy atom. The van der Waals surface area contributed by atoms with Crippen LogP contribution in [0.4, 0.5) is 11.4 Å². The van der Waals surface area contributed by atoms with Crippen molar-refractivity contribution < 1.29 is 24.0 Å². The normalized spacial score (nSPS) is 15.1. The number of aryl methyl sites for hydroxylation is 2. The van der Waals surface area contributed by atoms with Crippen LogP contribution in [0, 0.1) is 28.4 Å². The Morgan fingerprint density at radius 2 is 1.95 bits per heavy atom. The highest BCUT2D eigenvalue weighted by Gasteiger charge is 2.33. The fraction of sp³-hybridized carbons (Fsp3) is 0.393. The quantitative estimate of drug-likeness (QED) is 0.270. The predicted molar refractivity (Wildman–Crippen MR) is 140 cm³/mol. The van der Waals surface area contributed by atoms with E-state index in [-0.39, 0.29) is 16.9 Å². The number of ether oxygens (including phenoxy) is 2. The van der Waals surface area contributed by atoms with Gasteiger partial charge in [-0.1, -0.05) is 39.0 Å². The molecule has 3 aromatic rings. The van der Waals surface area contributed by atoms with E-state index in [1.54, 1.807) is 6.92 Å². The highest BCUT2D eigenvalue weighted by molar-refractivity contribution is 6.06. The number of nitro groups is 1. The highest BCUT2D eigenvalue weighted by Crippen LogP contribution is 2.39. The first-order valence-corrected chi connectivity index (χ1v) is 12.2. The van der Waals surface area contributed by atoms with Crippen molar-refractivity contribution in [3.8, 4) is 5.75 Å². The van der Waals surface area contributed by atoms with E-state index in [0.29, 0.717) is 28.1 Å². The first kappa shape index (κ1) is 26.1. The number of amides is 1. The van der Waals surface area contributed by atoms with Crippen LogP contribution in [0.15, 0.2) is 36.4 Å². The van der Waals surface area contributed by atoms with Gasteiger partial charge in [0.15, 0.2) is 12.4 Å². The molecular formula is C28H31N3O6. The fourth-order valence-corrected chi connectivity index (χ4v) is 4.86. The topological polar surface area (TPSA) is 121 Å². The van der Waals surface area contributed by atoms with E-state index in [1.165, 1.54) is 19.2 Å². The molecule has 1 heterocycles. The lowest BCUT2D eigenvalue weighted by molar-refractivity contribution is -0.385. The second-order valence-corrected chi connectivity index (χ2v) is 10.5. The van der Waals surface area contributed by atoms with Crippen LogP contribution in [0.2, 0.25) is 0 Å². The van der Waals surface area contributed by atoms with Crippen molar-refractivity contribution in [2.45, 2.75) is 47.0 Å². The average Bonchev–Trinajstić information content (AvgIpc) is 2.85. The van der Waals surface area contributed by atoms with Gasteiger partial charge in [0, 0.05) is 28.9 Å². The van der Waals surface area contributed by atoms with Crippen molar-refractivity contribution in [3.05, 3.63) is 68.9 Å². The molecule has 2 aromatic carbocycles. The van der Waals surface area contributed by atoms with E-state index in [1.807, 2.05) is 24.3 Å². The van der Waals surface area contributed by atoms with Crippen LogP contribution in [0.5, 0.6) is 5.75 Å². The average molecular weight is 506 g/mol. The number of rotatable bonds is 6. The molecule has 1 aliphatic rings. The Bertz CT molecular complexity index is 1390. The summed E-state index contributed by atoms with van der Waals surface area (Å²) in [6, 6.07) is 10.2. The number of anilines is 1. The largest absolute Gasteiger partial charge is 0.490 e. The van der Waals surface area contributed by atoms with E-state index in [4.69, 9.17) is 14.5 Å². The van der Waals surface area contributed by atoms with Crippen LogP contribution >= 0.6 is 0 Å². The lowest BCUT2D eigenvalue weighted by atomic mass is 9.70. The molecule has 0 fully saturated rings. The van der Waals surface area contributed by atoms with Crippen LogP contribution in [-0.2, 0) is 22.4 Å². The van der Waals surface area contributed by atoms with Gasteiger partial charge >= 0.3 is 11.7 Å². The van der Waals surface area contributed by atoms with Crippen LogP contribution in [0.25, 0.3) is 10.9 Å². The summed E-state index contributed by atoms with van der Waals surface area (Å²) >= 11 is 0. The van der Waals surface area contributed by atoms with Crippen molar-refractivity contribution in [1.82, 2.24) is 4.98 Å². The number of pyridine rings is 1. The van der Waals surface area contributed by atoms with Crippen molar-refractivity contribution in [2.24, 2.45) is 11.3 Å². The number of nitrogens with one attached hydrogen (secondary N) is 1. The lowest BCUT2D eigenvalue weighted by Gasteiger charge is -2.35. The summed E-state index contributed by atoms with van der Waals surface area (Å²) in [6.07, 6.45) is 2.50. The summed E-state index contributed by atoms with van der Waals surface area (Å²) < 4.78 is 10.6. The Kier molecular flexibility index (Phi) is 7.16.